The lowest BCUT2D eigenvalue weighted by Crippen LogP contribution is -2.36. The minimum atomic E-state index is -2.97. The summed E-state index contributed by atoms with van der Waals surface area (Å²) < 4.78 is 21.2. The van der Waals surface area contributed by atoms with Gasteiger partial charge in [0.2, 0.25) is 12.3 Å². The summed E-state index contributed by atoms with van der Waals surface area (Å²) in [7, 11) is 1.12. The first-order valence-corrected chi connectivity index (χ1v) is 4.03. The van der Waals surface area contributed by atoms with Gasteiger partial charge in [-0.1, -0.05) is 0 Å². The van der Waals surface area contributed by atoms with Crippen molar-refractivity contribution in [1.82, 2.24) is 9.55 Å². The van der Waals surface area contributed by atoms with Gasteiger partial charge in [-0.05, 0) is 0 Å². The number of carbonyl (C=O) groups is 2. The van der Waals surface area contributed by atoms with Gasteiger partial charge in [-0.15, -0.1) is 0 Å². The van der Waals surface area contributed by atoms with Gasteiger partial charge >= 0.3 is 5.69 Å². The number of hydrogen-bond donors (Lipinski definition) is 3. The highest BCUT2D eigenvalue weighted by atomic mass is 16.2. The van der Waals surface area contributed by atoms with E-state index in [4.69, 9.17) is 4.11 Å². The van der Waals surface area contributed by atoms with Gasteiger partial charge in [0.05, 0.1) is 0 Å². The van der Waals surface area contributed by atoms with Crippen LogP contribution in [-0.4, -0.2) is 21.9 Å². The molecule has 8 heteroatoms. The Hall–Kier alpha value is -2.38. The molecule has 0 aliphatic rings. The van der Waals surface area contributed by atoms with Crippen LogP contribution in [0.15, 0.2) is 9.59 Å². The van der Waals surface area contributed by atoms with Crippen LogP contribution in [0, 0.1) is 0 Å². The molecule has 2 amide bonds. The smallest absolute Gasteiger partial charge is 0.319 e. The van der Waals surface area contributed by atoms with Crippen molar-refractivity contribution >= 4 is 23.8 Å². The lowest BCUT2D eigenvalue weighted by atomic mass is 10.4. The van der Waals surface area contributed by atoms with Gasteiger partial charge in [0.1, 0.15) is 11.5 Å². The SMILES string of the molecule is [2H]C([2H])([2H])C(=O)Nc1c(NC=O)[nH]c(=O)n(C)c1=O. The molecule has 0 saturated heterocycles. The Balaban J connectivity index is 3.37. The first-order valence-electron chi connectivity index (χ1n) is 5.53. The number of carbonyl (C=O) groups excluding carboxylic acids is 2. The monoisotopic (exact) mass is 229 g/mol. The molecule has 0 atom stereocenters. The fourth-order valence-corrected chi connectivity index (χ4v) is 1.02. The van der Waals surface area contributed by atoms with Gasteiger partial charge in [-0.25, -0.2) is 4.79 Å². The molecule has 0 radical (unpaired) electrons. The third-order valence-electron chi connectivity index (χ3n) is 1.75. The highest BCUT2D eigenvalue weighted by Crippen LogP contribution is 2.09. The molecule has 1 aromatic rings. The van der Waals surface area contributed by atoms with Crippen LogP contribution in [0.3, 0.4) is 0 Å². The Morgan fingerprint density at radius 3 is 2.81 bits per heavy atom. The number of rotatable bonds is 3. The van der Waals surface area contributed by atoms with Crippen LogP contribution in [0.2, 0.25) is 0 Å². The molecule has 0 aromatic carbocycles. The van der Waals surface area contributed by atoms with Crippen molar-refractivity contribution in [3.63, 3.8) is 0 Å². The molecular weight excluding hydrogens is 216 g/mol. The predicted molar refractivity (Wildman–Crippen MR) is 56.3 cm³/mol. The molecule has 0 saturated carbocycles. The molecule has 16 heavy (non-hydrogen) atoms. The van der Waals surface area contributed by atoms with Crippen LogP contribution >= 0.6 is 0 Å². The van der Waals surface area contributed by atoms with E-state index in [0.717, 1.165) is 7.05 Å². The molecule has 8 nitrogen and oxygen atoms in total. The summed E-state index contributed by atoms with van der Waals surface area (Å²) in [5.41, 5.74) is -2.32. The molecule has 0 fully saturated rings. The first kappa shape index (κ1) is 7.85. The normalized spacial score (nSPS) is 13.2. The van der Waals surface area contributed by atoms with Crippen LogP contribution in [0.5, 0.6) is 0 Å². The van der Waals surface area contributed by atoms with E-state index in [1.165, 1.54) is 0 Å². The van der Waals surface area contributed by atoms with Gasteiger partial charge in [0, 0.05) is 18.0 Å². The summed E-state index contributed by atoms with van der Waals surface area (Å²) >= 11 is 0. The van der Waals surface area contributed by atoms with Crippen LogP contribution in [0.25, 0.3) is 0 Å². The summed E-state index contributed by atoms with van der Waals surface area (Å²) in [6.45, 7) is -2.97. The summed E-state index contributed by atoms with van der Waals surface area (Å²) in [6.07, 6.45) is 0.162. The molecule has 0 spiro atoms. The average Bonchev–Trinajstić information content (AvgIpc) is 2.30. The molecule has 1 aromatic heterocycles. The van der Waals surface area contributed by atoms with Crippen molar-refractivity contribution < 1.29 is 13.7 Å². The lowest BCUT2D eigenvalue weighted by Gasteiger charge is -2.08. The van der Waals surface area contributed by atoms with E-state index >= 15 is 0 Å². The maximum Gasteiger partial charge on any atom is 0.329 e. The fourth-order valence-electron chi connectivity index (χ4n) is 1.02. The van der Waals surface area contributed by atoms with Crippen molar-refractivity contribution in [2.24, 2.45) is 7.05 Å². The van der Waals surface area contributed by atoms with Crippen molar-refractivity contribution in [1.29, 1.82) is 0 Å². The third kappa shape index (κ3) is 2.16. The minimum Gasteiger partial charge on any atom is -0.319 e. The van der Waals surface area contributed by atoms with Crippen LogP contribution in [0.1, 0.15) is 11.0 Å². The van der Waals surface area contributed by atoms with E-state index in [1.54, 1.807) is 0 Å². The first-order chi connectivity index (χ1) is 8.68. The van der Waals surface area contributed by atoms with E-state index in [1.807, 2.05) is 10.6 Å². The topological polar surface area (TPSA) is 113 Å². The summed E-state index contributed by atoms with van der Waals surface area (Å²) in [5, 5.41) is 3.84. The van der Waals surface area contributed by atoms with E-state index in [2.05, 4.69) is 4.98 Å². The number of anilines is 2. The largest absolute Gasteiger partial charge is 0.329 e. The Bertz CT molecular complexity index is 630. The molecule has 86 valence electrons. The highest BCUT2D eigenvalue weighted by molar-refractivity contribution is 5.93. The Morgan fingerprint density at radius 1 is 1.56 bits per heavy atom. The second-order valence-corrected chi connectivity index (χ2v) is 2.76. The molecule has 0 aliphatic carbocycles. The van der Waals surface area contributed by atoms with Crippen molar-refractivity contribution in [3.05, 3.63) is 20.8 Å². The zero-order valence-electron chi connectivity index (χ0n) is 11.2. The number of aromatic nitrogens is 2. The van der Waals surface area contributed by atoms with Crippen molar-refractivity contribution in [3.8, 4) is 0 Å². The number of hydrogen-bond acceptors (Lipinski definition) is 4. The number of nitrogens with zero attached hydrogens (tertiary/aromatic N) is 1. The molecular formula is C8H10N4O4. The van der Waals surface area contributed by atoms with Crippen LogP contribution in [0.4, 0.5) is 11.5 Å². The van der Waals surface area contributed by atoms with Gasteiger partial charge in [-0.3, -0.25) is 23.9 Å². The molecule has 0 aliphatic heterocycles. The molecule has 1 heterocycles. The third-order valence-corrected chi connectivity index (χ3v) is 1.75. The lowest BCUT2D eigenvalue weighted by molar-refractivity contribution is -0.114. The second kappa shape index (κ2) is 4.43. The zero-order chi connectivity index (χ0) is 14.8. The van der Waals surface area contributed by atoms with Gasteiger partial charge in [-0.2, -0.15) is 0 Å². The minimum absolute atomic E-state index is 0.162. The van der Waals surface area contributed by atoms with E-state index in [-0.39, 0.29) is 12.2 Å². The number of H-pyrrole nitrogens is 1. The van der Waals surface area contributed by atoms with Gasteiger partial charge in [0.15, 0.2) is 0 Å². The molecule has 1 rings (SSSR count). The zero-order valence-corrected chi connectivity index (χ0v) is 8.16. The van der Waals surface area contributed by atoms with Crippen LogP contribution < -0.4 is 21.9 Å². The van der Waals surface area contributed by atoms with Gasteiger partial charge < -0.3 is 10.6 Å². The van der Waals surface area contributed by atoms with E-state index < -0.39 is 29.7 Å². The molecule has 0 bridgehead atoms. The quantitative estimate of drug-likeness (QED) is 0.553. The van der Waals surface area contributed by atoms with E-state index in [0.29, 0.717) is 4.57 Å². The highest BCUT2D eigenvalue weighted by Gasteiger charge is 2.12. The molecule has 3 N–H and O–H groups in total. The maximum absolute atomic E-state index is 11.7. The second-order valence-electron chi connectivity index (χ2n) is 2.76. The number of aromatic amines is 1. The Labute approximate surface area is 93.5 Å². The van der Waals surface area contributed by atoms with E-state index in [9.17, 15) is 19.2 Å². The molecule has 0 unspecified atom stereocenters. The maximum atomic E-state index is 11.7. The van der Waals surface area contributed by atoms with Gasteiger partial charge in [0.25, 0.3) is 5.56 Å². The predicted octanol–water partition coefficient (Wildman–Crippen LogP) is -1.40. The summed E-state index contributed by atoms with van der Waals surface area (Å²) in [5.74, 6) is -1.80. The number of nitrogens with one attached hydrogen (secondary N) is 3. The fraction of sp³-hybridized carbons (Fsp3) is 0.250. The Kier molecular flexibility index (Phi) is 2.17. The van der Waals surface area contributed by atoms with Crippen LogP contribution in [-0.2, 0) is 16.6 Å². The average molecular weight is 229 g/mol. The Morgan fingerprint density at radius 2 is 2.25 bits per heavy atom. The number of amides is 2. The standard InChI is InChI=1S/C8H10N4O4/c1-4(14)10-5-6(9-3-13)11-8(16)12(2)7(5)15/h3H,1-2H3,(H,9,13)(H,10,14)(H,11,16)/i1D3. The summed E-state index contributed by atoms with van der Waals surface area (Å²) in [6, 6.07) is 0. The summed E-state index contributed by atoms with van der Waals surface area (Å²) in [4.78, 5) is 46.8. The van der Waals surface area contributed by atoms with Crippen molar-refractivity contribution in [2.45, 2.75) is 6.85 Å². The van der Waals surface area contributed by atoms with Crippen molar-refractivity contribution in [2.75, 3.05) is 10.6 Å².